The van der Waals surface area contributed by atoms with E-state index in [4.69, 9.17) is 21.1 Å². The van der Waals surface area contributed by atoms with Gasteiger partial charge in [0.05, 0.1) is 12.1 Å². The Labute approximate surface area is 208 Å². The van der Waals surface area contributed by atoms with Crippen molar-refractivity contribution in [1.29, 1.82) is 0 Å². The van der Waals surface area contributed by atoms with Crippen molar-refractivity contribution in [2.45, 2.75) is 17.0 Å². The third kappa shape index (κ3) is 5.39. The summed E-state index contributed by atoms with van der Waals surface area (Å²) < 4.78 is 26.3. The Morgan fingerprint density at radius 1 is 0.882 bits per heavy atom. The second-order valence-electron chi connectivity index (χ2n) is 7.98. The molecule has 0 unspecified atom stereocenters. The van der Waals surface area contributed by atoms with Crippen LogP contribution in [0.15, 0.2) is 108 Å². The zero-order chi connectivity index (χ0) is 23.3. The van der Waals surface area contributed by atoms with Gasteiger partial charge in [0.25, 0.3) is 0 Å². The first-order valence-electron chi connectivity index (χ1n) is 11.0. The highest BCUT2D eigenvalue weighted by atomic mass is 35.5. The number of thioether (sulfide) groups is 1. The van der Waals surface area contributed by atoms with Crippen LogP contribution in [0.4, 0.5) is 10.1 Å². The van der Waals surface area contributed by atoms with Crippen LogP contribution >= 0.6 is 23.4 Å². The molecule has 4 aromatic carbocycles. The molecule has 1 aliphatic rings. The Kier molecular flexibility index (Phi) is 7.05. The summed E-state index contributed by atoms with van der Waals surface area (Å²) in [4.78, 5) is 3.36. The van der Waals surface area contributed by atoms with Crippen molar-refractivity contribution in [3.05, 3.63) is 120 Å². The molecular formula is C28H23ClFNO2S. The lowest BCUT2D eigenvalue weighted by Crippen LogP contribution is -2.28. The monoisotopic (exact) mass is 491 g/mol. The SMILES string of the molecule is Fc1cccc([C@H]2[C@H](CSc3ccccc3)OCN2c2ccc(Oc3ccc(Cl)cc3)cc2)c1. The van der Waals surface area contributed by atoms with Crippen LogP contribution in [0, 0.1) is 5.82 Å². The van der Waals surface area contributed by atoms with Gasteiger partial charge in [0, 0.05) is 21.4 Å². The fraction of sp³-hybridized carbons (Fsp3) is 0.143. The van der Waals surface area contributed by atoms with Gasteiger partial charge in [-0.25, -0.2) is 4.39 Å². The Bertz CT molecular complexity index is 1220. The summed E-state index contributed by atoms with van der Waals surface area (Å²) in [6, 6.07) is 32.1. The summed E-state index contributed by atoms with van der Waals surface area (Å²) in [5.74, 6) is 1.96. The van der Waals surface area contributed by atoms with Crippen LogP contribution < -0.4 is 9.64 Å². The molecule has 0 radical (unpaired) electrons. The van der Waals surface area contributed by atoms with Gasteiger partial charge in [-0.05, 0) is 78.4 Å². The van der Waals surface area contributed by atoms with E-state index in [-0.39, 0.29) is 18.0 Å². The number of hydrogen-bond acceptors (Lipinski definition) is 4. The third-order valence-electron chi connectivity index (χ3n) is 5.68. The zero-order valence-electron chi connectivity index (χ0n) is 18.3. The second kappa shape index (κ2) is 10.5. The summed E-state index contributed by atoms with van der Waals surface area (Å²) in [7, 11) is 0. The Morgan fingerprint density at radius 3 is 2.29 bits per heavy atom. The molecule has 1 heterocycles. The summed E-state index contributed by atoms with van der Waals surface area (Å²) in [5, 5.41) is 0.667. The van der Waals surface area contributed by atoms with Crippen LogP contribution in [0.3, 0.4) is 0 Å². The molecule has 2 atom stereocenters. The quantitative estimate of drug-likeness (QED) is 0.244. The standard InChI is InChI=1S/C28H23ClFNO2S/c29-21-9-13-24(14-10-21)33-25-15-11-23(12-16-25)31-19-32-27(18-34-26-7-2-1-3-8-26)28(31)20-5-4-6-22(30)17-20/h1-17,27-28H,18-19H2/t27-,28-/m0/s1. The molecule has 0 aliphatic carbocycles. The maximum atomic E-state index is 14.1. The maximum absolute atomic E-state index is 14.1. The molecule has 0 saturated carbocycles. The first kappa shape index (κ1) is 22.8. The number of anilines is 1. The molecule has 4 aromatic rings. The summed E-state index contributed by atoms with van der Waals surface area (Å²) in [6.07, 6.45) is -0.0861. The lowest BCUT2D eigenvalue weighted by molar-refractivity contribution is 0.122. The van der Waals surface area contributed by atoms with Gasteiger partial charge >= 0.3 is 0 Å². The van der Waals surface area contributed by atoms with E-state index < -0.39 is 0 Å². The number of ether oxygens (including phenoxy) is 2. The van der Waals surface area contributed by atoms with E-state index in [2.05, 4.69) is 17.0 Å². The van der Waals surface area contributed by atoms with Crippen molar-refractivity contribution in [2.24, 2.45) is 0 Å². The van der Waals surface area contributed by atoms with Crippen LogP contribution in [-0.2, 0) is 4.74 Å². The summed E-state index contributed by atoms with van der Waals surface area (Å²) >= 11 is 7.70. The van der Waals surface area contributed by atoms with E-state index in [1.165, 1.54) is 11.0 Å². The molecule has 1 fully saturated rings. The molecule has 172 valence electrons. The van der Waals surface area contributed by atoms with Crippen LogP contribution in [0.25, 0.3) is 0 Å². The van der Waals surface area contributed by atoms with Crippen molar-refractivity contribution in [1.82, 2.24) is 0 Å². The molecule has 3 nitrogen and oxygen atoms in total. The largest absolute Gasteiger partial charge is 0.457 e. The van der Waals surface area contributed by atoms with Crippen LogP contribution in [0.5, 0.6) is 11.5 Å². The lowest BCUT2D eigenvalue weighted by Gasteiger charge is -2.28. The minimum atomic E-state index is -0.245. The third-order valence-corrected chi connectivity index (χ3v) is 7.03. The van der Waals surface area contributed by atoms with Crippen LogP contribution in [0.1, 0.15) is 11.6 Å². The van der Waals surface area contributed by atoms with Gasteiger partial charge in [0.2, 0.25) is 0 Å². The summed E-state index contributed by atoms with van der Waals surface area (Å²) in [6.45, 7) is 0.429. The van der Waals surface area contributed by atoms with Gasteiger partial charge in [-0.1, -0.05) is 41.9 Å². The Hall–Kier alpha value is -2.99. The number of rotatable bonds is 7. The van der Waals surface area contributed by atoms with Crippen molar-refractivity contribution < 1.29 is 13.9 Å². The molecule has 0 aromatic heterocycles. The van der Waals surface area contributed by atoms with Crippen LogP contribution in [0.2, 0.25) is 5.02 Å². The van der Waals surface area contributed by atoms with Gasteiger partial charge < -0.3 is 14.4 Å². The molecule has 1 saturated heterocycles. The average Bonchev–Trinajstić information content (AvgIpc) is 3.29. The highest BCUT2D eigenvalue weighted by molar-refractivity contribution is 7.99. The summed E-state index contributed by atoms with van der Waals surface area (Å²) in [5.41, 5.74) is 1.89. The van der Waals surface area contributed by atoms with Crippen molar-refractivity contribution >= 4 is 29.1 Å². The van der Waals surface area contributed by atoms with Gasteiger partial charge in [-0.3, -0.25) is 0 Å². The molecule has 0 bridgehead atoms. The van der Waals surface area contributed by atoms with E-state index in [1.54, 1.807) is 36.0 Å². The zero-order valence-corrected chi connectivity index (χ0v) is 19.9. The van der Waals surface area contributed by atoms with Crippen molar-refractivity contribution in [3.8, 4) is 11.5 Å². The van der Waals surface area contributed by atoms with Crippen molar-refractivity contribution in [3.63, 3.8) is 0 Å². The molecule has 1 aliphatic heterocycles. The molecule has 0 spiro atoms. The maximum Gasteiger partial charge on any atom is 0.127 e. The number of hydrogen-bond donors (Lipinski definition) is 0. The molecule has 34 heavy (non-hydrogen) atoms. The minimum absolute atomic E-state index is 0.0861. The number of benzene rings is 4. The predicted molar refractivity (Wildman–Crippen MR) is 136 cm³/mol. The Balaban J connectivity index is 1.36. The first-order valence-corrected chi connectivity index (χ1v) is 12.4. The smallest absolute Gasteiger partial charge is 0.127 e. The average molecular weight is 492 g/mol. The van der Waals surface area contributed by atoms with Crippen LogP contribution in [-0.4, -0.2) is 18.6 Å². The first-order chi connectivity index (χ1) is 16.7. The van der Waals surface area contributed by atoms with Gasteiger partial charge in [-0.2, -0.15) is 0 Å². The highest BCUT2D eigenvalue weighted by Gasteiger charge is 2.36. The van der Waals surface area contributed by atoms with E-state index in [9.17, 15) is 4.39 Å². The molecule has 5 rings (SSSR count). The van der Waals surface area contributed by atoms with Gasteiger partial charge in [0.15, 0.2) is 0 Å². The highest BCUT2D eigenvalue weighted by Crippen LogP contribution is 2.39. The molecule has 0 N–H and O–H groups in total. The lowest BCUT2D eigenvalue weighted by atomic mass is 10.0. The molecule has 6 heteroatoms. The van der Waals surface area contributed by atoms with Gasteiger partial charge in [0.1, 0.15) is 24.0 Å². The normalized spacial score (nSPS) is 17.6. The minimum Gasteiger partial charge on any atom is -0.457 e. The van der Waals surface area contributed by atoms with E-state index in [0.717, 1.165) is 28.5 Å². The number of nitrogens with zero attached hydrogens (tertiary/aromatic N) is 1. The van der Waals surface area contributed by atoms with E-state index in [0.29, 0.717) is 11.8 Å². The van der Waals surface area contributed by atoms with E-state index >= 15 is 0 Å². The fourth-order valence-electron chi connectivity index (χ4n) is 4.05. The van der Waals surface area contributed by atoms with Gasteiger partial charge in [-0.15, -0.1) is 11.8 Å². The number of halogens is 2. The van der Waals surface area contributed by atoms with E-state index in [1.807, 2.05) is 60.7 Å². The fourth-order valence-corrected chi connectivity index (χ4v) is 5.16. The predicted octanol–water partition coefficient (Wildman–Crippen LogP) is 7.97. The topological polar surface area (TPSA) is 21.7 Å². The van der Waals surface area contributed by atoms with Crippen molar-refractivity contribution in [2.75, 3.05) is 17.4 Å². The molecule has 0 amide bonds. The molecular weight excluding hydrogens is 469 g/mol. The second-order valence-corrected chi connectivity index (χ2v) is 9.51. The Morgan fingerprint density at radius 2 is 1.59 bits per heavy atom.